The number of morpholine rings is 1. The second-order valence-corrected chi connectivity index (χ2v) is 7.14. The monoisotopic (exact) mass is 416 g/mol. The molecule has 2 amide bonds. The molecule has 2 aromatic rings. The number of aromatic nitrogens is 1. The number of benzene rings is 1. The van der Waals surface area contributed by atoms with E-state index in [-0.39, 0.29) is 30.1 Å². The average molecular weight is 417 g/mol. The van der Waals surface area contributed by atoms with Gasteiger partial charge in [-0.2, -0.15) is 0 Å². The van der Waals surface area contributed by atoms with E-state index in [1.54, 1.807) is 29.3 Å². The van der Waals surface area contributed by atoms with Crippen LogP contribution < -0.4 is 15.0 Å². The van der Waals surface area contributed by atoms with Gasteiger partial charge in [0.2, 0.25) is 5.91 Å². The Morgan fingerprint density at radius 3 is 2.76 bits per heavy atom. The number of hydrogen-bond acceptors (Lipinski definition) is 6. The van der Waals surface area contributed by atoms with E-state index in [2.05, 4.69) is 10.3 Å². The lowest BCUT2D eigenvalue weighted by molar-refractivity contribution is -0.142. The molecule has 1 aromatic heterocycles. The Hall–Kier alpha value is -2.84. The fourth-order valence-electron chi connectivity index (χ4n) is 3.42. The predicted molar refractivity (Wildman–Crippen MR) is 108 cm³/mol. The Kier molecular flexibility index (Phi) is 5.82. The molecular formula is C20H21ClN4O4. The Bertz CT molecular complexity index is 904. The van der Waals surface area contributed by atoms with Crippen molar-refractivity contribution in [3.05, 3.63) is 47.7 Å². The molecule has 8 nitrogen and oxygen atoms in total. The summed E-state index contributed by atoms with van der Waals surface area (Å²) in [5.41, 5.74) is 1.22. The van der Waals surface area contributed by atoms with Gasteiger partial charge in [-0.15, -0.1) is 0 Å². The third kappa shape index (κ3) is 4.44. The molecule has 0 unspecified atom stereocenters. The smallest absolute Gasteiger partial charge is 0.265 e. The molecule has 1 aromatic carbocycles. The van der Waals surface area contributed by atoms with Gasteiger partial charge in [0.15, 0.2) is 11.3 Å². The summed E-state index contributed by atoms with van der Waals surface area (Å²) in [4.78, 5) is 33.1. The van der Waals surface area contributed by atoms with Crippen LogP contribution in [0.2, 0.25) is 5.15 Å². The second kappa shape index (κ2) is 8.67. The fraction of sp³-hybridized carbons (Fsp3) is 0.350. The number of amides is 2. The van der Waals surface area contributed by atoms with Gasteiger partial charge in [-0.1, -0.05) is 23.7 Å². The van der Waals surface area contributed by atoms with Crippen molar-refractivity contribution in [2.45, 2.75) is 6.10 Å². The van der Waals surface area contributed by atoms with Gasteiger partial charge in [0.1, 0.15) is 5.75 Å². The maximum Gasteiger partial charge on any atom is 0.265 e. The van der Waals surface area contributed by atoms with Crippen molar-refractivity contribution in [2.24, 2.45) is 0 Å². The highest BCUT2D eigenvalue weighted by molar-refractivity contribution is 6.32. The molecule has 2 aliphatic rings. The number of ether oxygens (including phenoxy) is 2. The van der Waals surface area contributed by atoms with Crippen LogP contribution in [0.4, 0.5) is 11.4 Å². The Labute approximate surface area is 173 Å². The van der Waals surface area contributed by atoms with E-state index in [9.17, 15) is 9.59 Å². The van der Waals surface area contributed by atoms with Gasteiger partial charge in [0.05, 0.1) is 37.7 Å². The number of carbonyl (C=O) groups is 2. The van der Waals surface area contributed by atoms with E-state index < -0.39 is 6.10 Å². The fourth-order valence-corrected chi connectivity index (χ4v) is 3.58. The molecule has 1 N–H and O–H groups in total. The van der Waals surface area contributed by atoms with E-state index in [4.69, 9.17) is 21.1 Å². The molecule has 1 fully saturated rings. The molecule has 0 radical (unpaired) electrons. The summed E-state index contributed by atoms with van der Waals surface area (Å²) in [6.45, 7) is 2.46. The maximum atomic E-state index is 12.9. The SMILES string of the molecule is O=C(CN1C[C@@H](C(=O)N2CCOCC2)Oc2ccccc21)Nc1cccnc1Cl. The van der Waals surface area contributed by atoms with E-state index in [1.807, 2.05) is 23.1 Å². The summed E-state index contributed by atoms with van der Waals surface area (Å²) >= 11 is 6.02. The Morgan fingerprint density at radius 1 is 1.17 bits per heavy atom. The number of fused-ring (bicyclic) bond motifs is 1. The van der Waals surface area contributed by atoms with Crippen molar-refractivity contribution in [1.29, 1.82) is 0 Å². The zero-order valence-corrected chi connectivity index (χ0v) is 16.5. The highest BCUT2D eigenvalue weighted by atomic mass is 35.5. The number of pyridine rings is 1. The van der Waals surface area contributed by atoms with Gasteiger partial charge >= 0.3 is 0 Å². The van der Waals surface area contributed by atoms with Crippen LogP contribution >= 0.6 is 11.6 Å². The lowest BCUT2D eigenvalue weighted by Crippen LogP contribution is -2.53. The summed E-state index contributed by atoms with van der Waals surface area (Å²) in [5.74, 6) is 0.232. The van der Waals surface area contributed by atoms with Gasteiger partial charge in [-0.25, -0.2) is 4.98 Å². The minimum absolute atomic E-state index is 0.0541. The predicted octanol–water partition coefficient (Wildman–Crippen LogP) is 1.80. The highest BCUT2D eigenvalue weighted by Gasteiger charge is 2.34. The van der Waals surface area contributed by atoms with E-state index >= 15 is 0 Å². The summed E-state index contributed by atoms with van der Waals surface area (Å²) in [6, 6.07) is 10.8. The van der Waals surface area contributed by atoms with Crippen LogP contribution in [-0.4, -0.2) is 67.2 Å². The first-order valence-electron chi connectivity index (χ1n) is 9.39. The van der Waals surface area contributed by atoms with Crippen LogP contribution in [0.5, 0.6) is 5.75 Å². The van der Waals surface area contributed by atoms with Crippen molar-refractivity contribution in [3.63, 3.8) is 0 Å². The number of anilines is 2. The van der Waals surface area contributed by atoms with Gasteiger partial charge in [-0.3, -0.25) is 9.59 Å². The van der Waals surface area contributed by atoms with Crippen molar-refractivity contribution in [3.8, 4) is 5.75 Å². The first kappa shape index (κ1) is 19.5. The van der Waals surface area contributed by atoms with Crippen LogP contribution in [0.25, 0.3) is 0 Å². The van der Waals surface area contributed by atoms with Crippen molar-refractivity contribution in [1.82, 2.24) is 9.88 Å². The zero-order valence-electron chi connectivity index (χ0n) is 15.7. The summed E-state index contributed by atoms with van der Waals surface area (Å²) < 4.78 is 11.3. The first-order chi connectivity index (χ1) is 14.1. The van der Waals surface area contributed by atoms with Crippen molar-refractivity contribution >= 4 is 34.8 Å². The van der Waals surface area contributed by atoms with Crippen molar-refractivity contribution in [2.75, 3.05) is 49.6 Å². The molecule has 4 rings (SSSR count). The van der Waals surface area contributed by atoms with Crippen LogP contribution in [0.3, 0.4) is 0 Å². The quantitative estimate of drug-likeness (QED) is 0.765. The third-order valence-electron chi connectivity index (χ3n) is 4.83. The molecule has 2 aliphatic heterocycles. The first-order valence-corrected chi connectivity index (χ1v) is 9.77. The molecule has 1 atom stereocenters. The zero-order chi connectivity index (χ0) is 20.2. The van der Waals surface area contributed by atoms with E-state index in [1.165, 1.54) is 0 Å². The number of nitrogens with one attached hydrogen (secondary N) is 1. The molecule has 9 heteroatoms. The largest absolute Gasteiger partial charge is 0.477 e. The van der Waals surface area contributed by atoms with Crippen LogP contribution in [-0.2, 0) is 14.3 Å². The van der Waals surface area contributed by atoms with E-state index in [0.717, 1.165) is 5.69 Å². The lowest BCUT2D eigenvalue weighted by atomic mass is 10.1. The Morgan fingerprint density at radius 2 is 1.97 bits per heavy atom. The topological polar surface area (TPSA) is 84.0 Å². The molecule has 0 spiro atoms. The van der Waals surface area contributed by atoms with Gasteiger partial charge in [0, 0.05) is 19.3 Å². The molecular weight excluding hydrogens is 396 g/mol. The van der Waals surface area contributed by atoms with Gasteiger partial charge in [0.25, 0.3) is 5.91 Å². The van der Waals surface area contributed by atoms with Crippen LogP contribution in [0.15, 0.2) is 42.6 Å². The molecule has 0 saturated carbocycles. The molecule has 29 heavy (non-hydrogen) atoms. The Balaban J connectivity index is 1.49. The second-order valence-electron chi connectivity index (χ2n) is 6.78. The number of nitrogens with zero attached hydrogens (tertiary/aromatic N) is 3. The lowest BCUT2D eigenvalue weighted by Gasteiger charge is -2.38. The average Bonchev–Trinajstić information content (AvgIpc) is 2.75. The van der Waals surface area contributed by atoms with E-state index in [0.29, 0.717) is 37.7 Å². The van der Waals surface area contributed by atoms with Crippen molar-refractivity contribution < 1.29 is 19.1 Å². The number of halogens is 1. The van der Waals surface area contributed by atoms with Gasteiger partial charge < -0.3 is 24.6 Å². The molecule has 0 aliphatic carbocycles. The van der Waals surface area contributed by atoms with Crippen LogP contribution in [0, 0.1) is 0 Å². The number of para-hydroxylation sites is 2. The maximum absolute atomic E-state index is 12.9. The summed E-state index contributed by atoms with van der Waals surface area (Å²) in [7, 11) is 0. The highest BCUT2D eigenvalue weighted by Crippen LogP contribution is 2.33. The molecule has 1 saturated heterocycles. The normalized spacial score (nSPS) is 18.6. The third-order valence-corrected chi connectivity index (χ3v) is 5.13. The van der Waals surface area contributed by atoms with Gasteiger partial charge in [-0.05, 0) is 24.3 Å². The molecule has 152 valence electrons. The minimum Gasteiger partial charge on any atom is -0.477 e. The number of carbonyl (C=O) groups excluding carboxylic acids is 2. The standard InChI is InChI=1S/C20H21ClN4O4/c21-19-14(4-3-7-22-19)23-18(26)13-25-12-17(20(27)24-8-10-28-11-9-24)29-16-6-2-1-5-15(16)25/h1-7,17H,8-13H2,(H,23,26)/t17-/m0/s1. The summed E-state index contributed by atoms with van der Waals surface area (Å²) in [5, 5.41) is 2.99. The number of hydrogen-bond donors (Lipinski definition) is 1. The molecule has 3 heterocycles. The molecule has 0 bridgehead atoms. The minimum atomic E-state index is -0.683. The number of rotatable bonds is 4. The summed E-state index contributed by atoms with van der Waals surface area (Å²) in [6.07, 6.45) is 0.871. The van der Waals surface area contributed by atoms with Crippen LogP contribution in [0.1, 0.15) is 0 Å².